The Kier molecular flexibility index (Phi) is 10.3. The molecule has 1 saturated carbocycles. The van der Waals surface area contributed by atoms with E-state index in [1.165, 1.54) is 48.6 Å². The Balaban J connectivity index is 1.76. The fourth-order valence-corrected chi connectivity index (χ4v) is 3.98. The summed E-state index contributed by atoms with van der Waals surface area (Å²) in [6.07, 6.45) is -1.43. The molecular weight excluding hydrogens is 544 g/mol. The van der Waals surface area contributed by atoms with Crippen LogP contribution in [0, 0.1) is 0 Å². The van der Waals surface area contributed by atoms with Crippen molar-refractivity contribution in [2.75, 3.05) is 13.2 Å². The highest BCUT2D eigenvalue weighted by Crippen LogP contribution is 2.34. The third-order valence-corrected chi connectivity index (χ3v) is 6.11. The molecule has 1 fully saturated rings. The van der Waals surface area contributed by atoms with Crippen LogP contribution in [0.25, 0.3) is 12.2 Å². The molecule has 0 saturated heterocycles. The summed E-state index contributed by atoms with van der Waals surface area (Å²) in [6.45, 7) is -0.499. The van der Waals surface area contributed by atoms with E-state index >= 15 is 0 Å². The van der Waals surface area contributed by atoms with E-state index < -0.39 is 66.2 Å². The zero-order valence-electron chi connectivity index (χ0n) is 21.6. The lowest BCUT2D eigenvalue weighted by Gasteiger charge is -2.41. The van der Waals surface area contributed by atoms with Gasteiger partial charge in [0.05, 0.1) is 6.61 Å². The quantitative estimate of drug-likeness (QED) is 0.0689. The molecule has 0 radical (unpaired) electrons. The van der Waals surface area contributed by atoms with Gasteiger partial charge in [-0.1, -0.05) is 12.1 Å². The Hall–Kier alpha value is -4.59. The summed E-state index contributed by atoms with van der Waals surface area (Å²) in [5, 5.41) is 68.8. The largest absolute Gasteiger partial charge is 0.504 e. The first kappa shape index (κ1) is 30.9. The highest BCUT2D eigenvalue weighted by atomic mass is 16.6. The summed E-state index contributed by atoms with van der Waals surface area (Å²) >= 11 is 0. The molecule has 2 aromatic rings. The van der Waals surface area contributed by atoms with Crippen molar-refractivity contribution in [1.82, 2.24) is 0 Å². The molecule has 13 nitrogen and oxygen atoms in total. The fraction of sp³-hybridized carbons (Fsp3) is 0.321. The summed E-state index contributed by atoms with van der Waals surface area (Å²) in [5.74, 6) is -4.71. The minimum atomic E-state index is -2.33. The average molecular weight is 575 g/mol. The van der Waals surface area contributed by atoms with Crippen molar-refractivity contribution in [1.29, 1.82) is 0 Å². The van der Waals surface area contributed by atoms with E-state index in [0.717, 1.165) is 12.2 Å². The van der Waals surface area contributed by atoms with Crippen molar-refractivity contribution >= 4 is 30.1 Å². The van der Waals surface area contributed by atoms with E-state index in [4.69, 9.17) is 19.3 Å². The van der Waals surface area contributed by atoms with Crippen molar-refractivity contribution in [3.63, 3.8) is 0 Å². The molecule has 2 aromatic carbocycles. The number of aliphatic hydroxyl groups is 3. The lowest BCUT2D eigenvalue weighted by molar-refractivity contribution is -0.206. The molecule has 1 aliphatic carbocycles. The zero-order valence-corrected chi connectivity index (χ0v) is 21.6. The van der Waals surface area contributed by atoms with Crippen molar-refractivity contribution in [2.24, 2.45) is 0 Å². The first-order chi connectivity index (χ1) is 19.4. The molecule has 13 heteroatoms. The highest BCUT2D eigenvalue weighted by Gasteiger charge is 2.53. The van der Waals surface area contributed by atoms with E-state index in [1.54, 1.807) is 0 Å². The minimum Gasteiger partial charge on any atom is -0.504 e. The van der Waals surface area contributed by atoms with Gasteiger partial charge >= 0.3 is 17.9 Å². The Bertz CT molecular complexity index is 1230. The summed E-state index contributed by atoms with van der Waals surface area (Å²) < 4.78 is 15.5. The molecule has 0 heterocycles. The van der Waals surface area contributed by atoms with Gasteiger partial charge in [-0.25, -0.2) is 14.4 Å². The van der Waals surface area contributed by atoms with Gasteiger partial charge in [-0.15, -0.1) is 0 Å². The Morgan fingerprint density at radius 3 is 1.68 bits per heavy atom. The lowest BCUT2D eigenvalue weighted by atomic mass is 9.79. The number of rotatable bonds is 10. The van der Waals surface area contributed by atoms with Crippen LogP contribution in [0.1, 0.15) is 30.4 Å². The monoisotopic (exact) mass is 574 g/mol. The SMILES string of the molecule is O=C(/C=C/c1ccc(O)c(O)c1)O[C@@H]1CC(O)(C(=O)OCCCO)C[C@@H](OC(=O)/C=C/c2ccc(O)c(O)c2)C1O. The van der Waals surface area contributed by atoms with E-state index in [1.807, 2.05) is 0 Å². The minimum absolute atomic E-state index is 0.0937. The molecule has 0 bridgehead atoms. The van der Waals surface area contributed by atoms with Crippen LogP contribution in [0.4, 0.5) is 0 Å². The molecule has 0 unspecified atom stereocenters. The Morgan fingerprint density at radius 2 is 1.27 bits per heavy atom. The maximum atomic E-state index is 12.7. The fourth-order valence-electron chi connectivity index (χ4n) is 3.98. The molecule has 220 valence electrons. The summed E-state index contributed by atoms with van der Waals surface area (Å²) in [5.41, 5.74) is -1.68. The van der Waals surface area contributed by atoms with Gasteiger partial charge in [0.15, 0.2) is 28.6 Å². The topological polar surface area (TPSA) is 221 Å². The first-order valence-electron chi connectivity index (χ1n) is 12.4. The van der Waals surface area contributed by atoms with Crippen LogP contribution < -0.4 is 0 Å². The number of phenolic OH excluding ortho intramolecular Hbond substituents is 4. The van der Waals surface area contributed by atoms with Gasteiger partial charge in [0.1, 0.15) is 18.3 Å². The molecule has 7 N–H and O–H groups in total. The van der Waals surface area contributed by atoms with E-state index in [9.17, 15) is 45.0 Å². The molecule has 41 heavy (non-hydrogen) atoms. The third-order valence-electron chi connectivity index (χ3n) is 6.11. The smallest absolute Gasteiger partial charge is 0.338 e. The van der Waals surface area contributed by atoms with Gasteiger partial charge in [0.2, 0.25) is 0 Å². The predicted molar refractivity (Wildman–Crippen MR) is 140 cm³/mol. The van der Waals surface area contributed by atoms with Crippen molar-refractivity contribution in [3.05, 3.63) is 59.7 Å². The van der Waals surface area contributed by atoms with Crippen LogP contribution in [-0.4, -0.2) is 90.8 Å². The normalized spacial score (nSPS) is 22.5. The third kappa shape index (κ3) is 8.45. The Morgan fingerprint density at radius 1 is 0.805 bits per heavy atom. The number of benzene rings is 2. The average Bonchev–Trinajstić information content (AvgIpc) is 2.92. The number of hydrogen-bond donors (Lipinski definition) is 7. The number of aliphatic hydroxyl groups excluding tert-OH is 2. The number of phenols is 4. The van der Waals surface area contributed by atoms with Crippen molar-refractivity contribution < 1.29 is 64.3 Å². The van der Waals surface area contributed by atoms with Gasteiger partial charge < -0.3 is 50.0 Å². The van der Waals surface area contributed by atoms with Gasteiger partial charge in [-0.3, -0.25) is 0 Å². The Labute approximate surface area is 233 Å². The first-order valence-corrected chi connectivity index (χ1v) is 12.4. The standard InChI is InChI=1S/C28H30O13/c29-10-1-11-39-27(37)28(38)14-22(40-24(34)8-4-16-2-6-18(30)20(32)12-16)26(36)23(15-28)41-25(35)9-5-17-3-7-19(31)21(33)13-17/h2-9,12-13,22-23,26,29-33,36,38H,1,10-11,14-15H2/b8-4+,9-5+/t22-,23-,26?,28?/m1/s1. The molecule has 2 atom stereocenters. The molecule has 1 aliphatic rings. The van der Waals surface area contributed by atoms with Crippen LogP contribution in [0.2, 0.25) is 0 Å². The summed E-state index contributed by atoms with van der Waals surface area (Å²) in [7, 11) is 0. The summed E-state index contributed by atoms with van der Waals surface area (Å²) in [6, 6.07) is 7.56. The van der Waals surface area contributed by atoms with E-state index in [-0.39, 0.29) is 31.1 Å². The van der Waals surface area contributed by atoms with Gasteiger partial charge in [-0.2, -0.15) is 0 Å². The lowest BCUT2D eigenvalue weighted by Crippen LogP contribution is -2.58. The van der Waals surface area contributed by atoms with E-state index in [2.05, 4.69) is 0 Å². The maximum Gasteiger partial charge on any atom is 0.338 e. The number of carbonyl (C=O) groups is 3. The van der Waals surface area contributed by atoms with Crippen LogP contribution in [-0.2, 0) is 28.6 Å². The number of aromatic hydroxyl groups is 4. The van der Waals surface area contributed by atoms with Gasteiger partial charge in [0, 0.05) is 38.0 Å². The van der Waals surface area contributed by atoms with Crippen LogP contribution in [0.3, 0.4) is 0 Å². The second-order valence-corrected chi connectivity index (χ2v) is 9.26. The van der Waals surface area contributed by atoms with Crippen molar-refractivity contribution in [3.8, 4) is 23.0 Å². The molecule has 0 spiro atoms. The highest BCUT2D eigenvalue weighted by molar-refractivity contribution is 5.88. The number of hydrogen-bond acceptors (Lipinski definition) is 13. The van der Waals surface area contributed by atoms with Gasteiger partial charge in [0.25, 0.3) is 0 Å². The molecule has 3 rings (SSSR count). The second kappa shape index (κ2) is 13.7. The number of ether oxygens (including phenoxy) is 3. The number of carbonyl (C=O) groups excluding carboxylic acids is 3. The van der Waals surface area contributed by atoms with Crippen LogP contribution in [0.15, 0.2) is 48.6 Å². The predicted octanol–water partition coefficient (Wildman–Crippen LogP) is 0.871. The van der Waals surface area contributed by atoms with Crippen LogP contribution >= 0.6 is 0 Å². The number of esters is 3. The summed E-state index contributed by atoms with van der Waals surface area (Å²) in [4.78, 5) is 37.7. The van der Waals surface area contributed by atoms with Crippen molar-refractivity contribution in [2.45, 2.75) is 43.2 Å². The van der Waals surface area contributed by atoms with Gasteiger partial charge in [-0.05, 0) is 47.5 Å². The molecule has 0 amide bonds. The van der Waals surface area contributed by atoms with E-state index in [0.29, 0.717) is 11.1 Å². The molecule has 0 aliphatic heterocycles. The molecular formula is C28H30O13. The maximum absolute atomic E-state index is 12.7. The molecule has 0 aromatic heterocycles. The van der Waals surface area contributed by atoms with Crippen LogP contribution in [0.5, 0.6) is 23.0 Å². The zero-order chi connectivity index (χ0) is 30.2. The second-order valence-electron chi connectivity index (χ2n) is 9.26.